The number of Topliss-reactive ketones (excluding diaryl/α,β-unsaturated/α-hetero) is 1. The van der Waals surface area contributed by atoms with Crippen molar-refractivity contribution in [1.29, 1.82) is 0 Å². The van der Waals surface area contributed by atoms with Gasteiger partial charge in [-0.3, -0.25) is 38.4 Å². The SMILES string of the molecule is CNC(CC(=O)O)C(=O)NC(CC(=O)O)C(=O)NC(CC(=O)O)C(=O)NC(Cc1ccccc1)C(=O)NC(Cc1ccccc1)C(=O)C(C)C. The number of hydrogen-bond donors (Lipinski definition) is 8. The first kappa shape index (κ1) is 40.5. The van der Waals surface area contributed by atoms with Gasteiger partial charge in [0.15, 0.2) is 5.78 Å². The molecule has 8 N–H and O–H groups in total. The largest absolute Gasteiger partial charge is 0.481 e. The predicted molar refractivity (Wildman–Crippen MR) is 177 cm³/mol. The topological polar surface area (TPSA) is 257 Å². The lowest BCUT2D eigenvalue weighted by Crippen LogP contribution is -2.59. The van der Waals surface area contributed by atoms with Gasteiger partial charge in [0, 0.05) is 12.3 Å². The van der Waals surface area contributed by atoms with Gasteiger partial charge in [0.1, 0.15) is 18.1 Å². The molecule has 0 heterocycles. The molecule has 0 aliphatic carbocycles. The summed E-state index contributed by atoms with van der Waals surface area (Å²) in [5, 5.41) is 39.8. The van der Waals surface area contributed by atoms with Crippen LogP contribution in [0.4, 0.5) is 0 Å². The Labute approximate surface area is 288 Å². The van der Waals surface area contributed by atoms with E-state index >= 15 is 0 Å². The van der Waals surface area contributed by atoms with Crippen LogP contribution in [0.25, 0.3) is 0 Å². The Kier molecular flexibility index (Phi) is 16.2. The monoisotopic (exact) mass is 697 g/mol. The molecule has 16 nitrogen and oxygen atoms in total. The molecule has 0 aliphatic heterocycles. The summed E-state index contributed by atoms with van der Waals surface area (Å²) in [6.45, 7) is 3.36. The summed E-state index contributed by atoms with van der Waals surface area (Å²) in [4.78, 5) is 101. The minimum Gasteiger partial charge on any atom is -0.481 e. The molecule has 0 saturated carbocycles. The number of carbonyl (C=O) groups is 8. The predicted octanol–water partition coefficient (Wildman–Crippen LogP) is -0.352. The number of carboxylic acids is 3. The average molecular weight is 698 g/mol. The van der Waals surface area contributed by atoms with Gasteiger partial charge in [-0.15, -0.1) is 0 Å². The highest BCUT2D eigenvalue weighted by atomic mass is 16.4. The number of benzene rings is 2. The van der Waals surface area contributed by atoms with Gasteiger partial charge in [0.05, 0.1) is 31.3 Å². The van der Waals surface area contributed by atoms with E-state index in [2.05, 4.69) is 26.6 Å². The van der Waals surface area contributed by atoms with Crippen molar-refractivity contribution in [1.82, 2.24) is 26.6 Å². The summed E-state index contributed by atoms with van der Waals surface area (Å²) >= 11 is 0. The smallest absolute Gasteiger partial charge is 0.305 e. The van der Waals surface area contributed by atoms with Crippen LogP contribution in [0, 0.1) is 5.92 Å². The standard InChI is InChI=1S/C34H43N5O11/c1-19(2)30(46)22(14-20-10-6-4-7-11-20)36-32(48)24(15-21-12-8-5-9-13-21)37-33(49)26(18-29(44)45)39-34(50)25(17-28(42)43)38-31(47)23(35-3)16-27(40)41/h4-13,19,22-26,35H,14-18H2,1-3H3,(H,36,48)(H,37,49)(H,38,47)(H,39,50)(H,40,41)(H,42,43)(H,44,45). The lowest BCUT2D eigenvalue weighted by atomic mass is 9.95. The molecule has 270 valence electrons. The molecule has 0 bridgehead atoms. The van der Waals surface area contributed by atoms with Crippen LogP contribution in [0.5, 0.6) is 0 Å². The molecule has 50 heavy (non-hydrogen) atoms. The first-order chi connectivity index (χ1) is 23.6. The minimum absolute atomic E-state index is 0.0905. The molecule has 5 unspecified atom stereocenters. The fraction of sp³-hybridized carbons (Fsp3) is 0.412. The molecule has 0 fully saturated rings. The van der Waals surface area contributed by atoms with E-state index in [0.29, 0.717) is 5.56 Å². The fourth-order valence-corrected chi connectivity index (χ4v) is 4.89. The normalized spacial score (nSPS) is 13.8. The molecular weight excluding hydrogens is 654 g/mol. The van der Waals surface area contributed by atoms with Gasteiger partial charge in [-0.2, -0.15) is 0 Å². The first-order valence-corrected chi connectivity index (χ1v) is 15.8. The Morgan fingerprint density at radius 2 is 0.820 bits per heavy atom. The second-order valence-electron chi connectivity index (χ2n) is 11.8. The molecule has 0 spiro atoms. The number of likely N-dealkylation sites (N-methyl/N-ethyl adjacent to an activating group) is 1. The van der Waals surface area contributed by atoms with Crippen molar-refractivity contribution in [3.05, 3.63) is 71.8 Å². The maximum Gasteiger partial charge on any atom is 0.305 e. The molecule has 0 aliphatic rings. The van der Waals surface area contributed by atoms with Crippen LogP contribution in [0.3, 0.4) is 0 Å². The molecule has 2 aromatic carbocycles. The summed E-state index contributed by atoms with van der Waals surface area (Å²) < 4.78 is 0. The van der Waals surface area contributed by atoms with E-state index < -0.39 is 96.9 Å². The van der Waals surface area contributed by atoms with Crippen LogP contribution in [0.2, 0.25) is 0 Å². The van der Waals surface area contributed by atoms with Gasteiger partial charge in [0.2, 0.25) is 23.6 Å². The third-order valence-corrected chi connectivity index (χ3v) is 7.49. The van der Waals surface area contributed by atoms with E-state index in [4.69, 9.17) is 5.11 Å². The van der Waals surface area contributed by atoms with Crippen LogP contribution < -0.4 is 26.6 Å². The lowest BCUT2D eigenvalue weighted by Gasteiger charge is -2.27. The molecule has 0 saturated heterocycles. The molecule has 2 rings (SSSR count). The molecule has 16 heteroatoms. The Morgan fingerprint density at radius 3 is 1.20 bits per heavy atom. The highest BCUT2D eigenvalue weighted by Crippen LogP contribution is 2.11. The van der Waals surface area contributed by atoms with Crippen molar-refractivity contribution in [2.24, 2.45) is 5.92 Å². The highest BCUT2D eigenvalue weighted by Gasteiger charge is 2.34. The minimum atomic E-state index is -1.85. The number of rotatable bonds is 21. The third-order valence-electron chi connectivity index (χ3n) is 7.49. The number of ketones is 1. The number of aliphatic carboxylic acids is 3. The van der Waals surface area contributed by atoms with E-state index in [9.17, 15) is 48.6 Å². The Bertz CT molecular complexity index is 1520. The first-order valence-electron chi connectivity index (χ1n) is 15.8. The Balaban J connectivity index is 2.37. The Hall–Kier alpha value is -5.64. The van der Waals surface area contributed by atoms with Gasteiger partial charge in [-0.25, -0.2) is 0 Å². The van der Waals surface area contributed by atoms with Crippen molar-refractivity contribution >= 4 is 47.3 Å². The third kappa shape index (κ3) is 13.8. The molecular formula is C34H43N5O11. The molecule has 2 aromatic rings. The molecule has 5 atom stereocenters. The summed E-state index contributed by atoms with van der Waals surface area (Å²) in [6.07, 6.45) is -2.62. The second-order valence-corrected chi connectivity index (χ2v) is 11.8. The average Bonchev–Trinajstić information content (AvgIpc) is 3.05. The van der Waals surface area contributed by atoms with Crippen molar-refractivity contribution in [2.75, 3.05) is 7.05 Å². The van der Waals surface area contributed by atoms with E-state index in [1.165, 1.54) is 7.05 Å². The number of carboxylic acid groups (broad SMARTS) is 3. The molecule has 0 radical (unpaired) electrons. The van der Waals surface area contributed by atoms with Crippen molar-refractivity contribution in [2.45, 2.75) is 76.2 Å². The quantitative estimate of drug-likeness (QED) is 0.0833. The number of nitrogens with one attached hydrogen (secondary N) is 5. The summed E-state index contributed by atoms with van der Waals surface area (Å²) in [7, 11) is 1.28. The van der Waals surface area contributed by atoms with Gasteiger partial charge < -0.3 is 41.9 Å². The number of hydrogen-bond acceptors (Lipinski definition) is 9. The van der Waals surface area contributed by atoms with Crippen LogP contribution in [0.1, 0.15) is 44.2 Å². The zero-order valence-electron chi connectivity index (χ0n) is 27.9. The maximum atomic E-state index is 13.8. The number of amides is 4. The van der Waals surface area contributed by atoms with E-state index in [0.717, 1.165) is 5.56 Å². The maximum absolute atomic E-state index is 13.8. The molecule has 4 amide bonds. The van der Waals surface area contributed by atoms with Gasteiger partial charge in [-0.05, 0) is 24.6 Å². The van der Waals surface area contributed by atoms with Crippen LogP contribution in [-0.4, -0.2) is 99.9 Å². The van der Waals surface area contributed by atoms with E-state index in [1.54, 1.807) is 74.5 Å². The van der Waals surface area contributed by atoms with Crippen molar-refractivity contribution in [3.63, 3.8) is 0 Å². The van der Waals surface area contributed by atoms with Crippen LogP contribution >= 0.6 is 0 Å². The zero-order valence-corrected chi connectivity index (χ0v) is 27.9. The Morgan fingerprint density at radius 1 is 0.500 bits per heavy atom. The summed E-state index contributed by atoms with van der Waals surface area (Å²) in [5.41, 5.74) is 1.37. The highest BCUT2D eigenvalue weighted by molar-refractivity contribution is 5.98. The lowest BCUT2D eigenvalue weighted by molar-refractivity contribution is -0.144. The van der Waals surface area contributed by atoms with Crippen molar-refractivity contribution < 1.29 is 53.7 Å². The summed E-state index contributed by atoms with van der Waals surface area (Å²) in [5.74, 6) is -9.30. The van der Waals surface area contributed by atoms with Crippen LogP contribution in [0.15, 0.2) is 60.7 Å². The van der Waals surface area contributed by atoms with Crippen LogP contribution in [-0.2, 0) is 51.2 Å². The van der Waals surface area contributed by atoms with E-state index in [-0.39, 0.29) is 18.6 Å². The van der Waals surface area contributed by atoms with E-state index in [1.807, 2.05) is 0 Å². The summed E-state index contributed by atoms with van der Waals surface area (Å²) in [6, 6.07) is 10.1. The fourth-order valence-electron chi connectivity index (χ4n) is 4.89. The second kappa shape index (κ2) is 20.0. The zero-order chi connectivity index (χ0) is 37.4. The molecule has 0 aromatic heterocycles. The number of carbonyl (C=O) groups excluding carboxylic acids is 5. The van der Waals surface area contributed by atoms with Crippen molar-refractivity contribution in [3.8, 4) is 0 Å². The van der Waals surface area contributed by atoms with Gasteiger partial charge in [-0.1, -0.05) is 74.5 Å². The van der Waals surface area contributed by atoms with Gasteiger partial charge >= 0.3 is 17.9 Å². The van der Waals surface area contributed by atoms with Gasteiger partial charge in [0.25, 0.3) is 0 Å².